The number of hydrogen-bond donors (Lipinski definition) is 8. The Bertz CT molecular complexity index is 405. The molecule has 0 heterocycles. The van der Waals surface area contributed by atoms with Gasteiger partial charge in [-0.15, -0.1) is 0 Å². The summed E-state index contributed by atoms with van der Waals surface area (Å²) >= 11 is 0. The van der Waals surface area contributed by atoms with Crippen LogP contribution in [0.15, 0.2) is 0 Å². The molecule has 0 rings (SSSR count). The van der Waals surface area contributed by atoms with Gasteiger partial charge in [-0.2, -0.15) is 0 Å². The van der Waals surface area contributed by atoms with Gasteiger partial charge >= 0.3 is 23.9 Å². The molecule has 0 radical (unpaired) electrons. The lowest BCUT2D eigenvalue weighted by Gasteiger charge is -2.00. The molecule has 2 atom stereocenters. The minimum Gasteiger partial charge on any atom is -0.481 e. The van der Waals surface area contributed by atoms with Crippen LogP contribution in [0.3, 0.4) is 0 Å². The molecule has 0 aromatic carbocycles. The third-order valence-electron chi connectivity index (χ3n) is 2.35. The number of unbranched alkanes of at least 4 members (excludes halogenated alkanes) is 1. The van der Waals surface area contributed by atoms with Gasteiger partial charge in [-0.3, -0.25) is 19.2 Å². The Balaban J connectivity index is -0.000000291. The van der Waals surface area contributed by atoms with Gasteiger partial charge in [0.2, 0.25) is 0 Å². The molecule has 0 aliphatic carbocycles. The van der Waals surface area contributed by atoms with Crippen molar-refractivity contribution in [2.24, 2.45) is 22.9 Å². The van der Waals surface area contributed by atoms with Gasteiger partial charge in [0.1, 0.15) is 12.1 Å². The van der Waals surface area contributed by atoms with Gasteiger partial charge in [-0.05, 0) is 32.4 Å². The van der Waals surface area contributed by atoms with Crippen molar-refractivity contribution in [2.45, 2.75) is 44.2 Å². The molecule has 0 saturated carbocycles. The standard InChI is InChI=1S/C5H11NO2.C4H10N2O2.C4H7NO4/c6-4-2-1-3-5(7)8;5-2-1-3(6)4(7)8;5-2(4(8)9)1-3(6)7/h1-4,6H2,(H,7,8);3H,1-2,5-6H2,(H,7,8);2H,1,5H2,(H,6,7)(H,8,9)/t;;2-/m..0/s1. The maximum absolute atomic E-state index is 9.91. The topological polar surface area (TPSA) is 253 Å². The number of carboxylic acid groups (broad SMARTS) is 4. The van der Waals surface area contributed by atoms with E-state index in [1.54, 1.807) is 0 Å². The Hall–Kier alpha value is -2.28. The summed E-state index contributed by atoms with van der Waals surface area (Å²) in [4.78, 5) is 39.4. The highest BCUT2D eigenvalue weighted by Gasteiger charge is 2.14. The SMILES string of the molecule is NCCC(N)C(=O)O.NCCCCC(=O)O.N[C@@H](CC(=O)O)C(=O)O. The molecule has 0 amide bonds. The van der Waals surface area contributed by atoms with Crippen LogP contribution in [0.5, 0.6) is 0 Å². The third kappa shape index (κ3) is 26.9. The van der Waals surface area contributed by atoms with Gasteiger partial charge in [0.05, 0.1) is 6.42 Å². The number of rotatable bonds is 10. The molecule has 0 saturated heterocycles. The van der Waals surface area contributed by atoms with Gasteiger partial charge in [0.15, 0.2) is 0 Å². The summed E-state index contributed by atoms with van der Waals surface area (Å²) in [7, 11) is 0. The Kier molecular flexibility index (Phi) is 19.9. The van der Waals surface area contributed by atoms with Crippen LogP contribution in [0, 0.1) is 0 Å². The van der Waals surface area contributed by atoms with E-state index in [1.807, 2.05) is 0 Å². The molecular weight excluding hydrogens is 340 g/mol. The van der Waals surface area contributed by atoms with Crippen LogP contribution in [0.2, 0.25) is 0 Å². The van der Waals surface area contributed by atoms with E-state index in [0.717, 1.165) is 6.42 Å². The minimum atomic E-state index is -1.29. The Morgan fingerprint density at radius 3 is 1.40 bits per heavy atom. The van der Waals surface area contributed by atoms with Gasteiger partial charge < -0.3 is 43.4 Å². The van der Waals surface area contributed by atoms with Gasteiger partial charge in [-0.25, -0.2) is 0 Å². The number of nitrogens with two attached hydrogens (primary N) is 4. The molecule has 0 fully saturated rings. The maximum atomic E-state index is 9.91. The summed E-state index contributed by atoms with van der Waals surface area (Å²) in [6.45, 7) is 0.917. The molecule has 1 unspecified atom stereocenters. The van der Waals surface area contributed by atoms with Crippen molar-refractivity contribution in [1.29, 1.82) is 0 Å². The molecule has 0 aliphatic heterocycles. The van der Waals surface area contributed by atoms with Crippen LogP contribution in [-0.2, 0) is 19.2 Å². The zero-order chi connectivity index (χ0) is 20.4. The smallest absolute Gasteiger partial charge is 0.321 e. The molecule has 0 spiro atoms. The van der Waals surface area contributed by atoms with E-state index < -0.39 is 42.4 Å². The number of hydrogen-bond acceptors (Lipinski definition) is 8. The third-order valence-corrected chi connectivity index (χ3v) is 2.35. The average molecular weight is 368 g/mol. The summed E-state index contributed by atoms with van der Waals surface area (Å²) in [5, 5.41) is 32.3. The predicted molar refractivity (Wildman–Crippen MR) is 87.7 cm³/mol. The van der Waals surface area contributed by atoms with Crippen LogP contribution < -0.4 is 22.9 Å². The molecule has 12 nitrogen and oxygen atoms in total. The molecule has 0 bridgehead atoms. The highest BCUT2D eigenvalue weighted by Crippen LogP contribution is 1.91. The molecule has 25 heavy (non-hydrogen) atoms. The van der Waals surface area contributed by atoms with Crippen LogP contribution in [0.1, 0.15) is 32.1 Å². The second-order valence-corrected chi connectivity index (χ2v) is 4.70. The molecule has 0 aromatic heterocycles. The fourth-order valence-electron chi connectivity index (χ4n) is 0.999. The van der Waals surface area contributed by atoms with Crippen molar-refractivity contribution in [1.82, 2.24) is 0 Å². The molecule has 0 aliphatic rings. The normalized spacial score (nSPS) is 11.7. The minimum absolute atomic E-state index is 0.247. The summed E-state index contributed by atoms with van der Waals surface area (Å²) in [5.74, 6) is -4.23. The van der Waals surface area contributed by atoms with E-state index in [1.165, 1.54) is 0 Å². The van der Waals surface area contributed by atoms with E-state index in [2.05, 4.69) is 0 Å². The van der Waals surface area contributed by atoms with Crippen LogP contribution in [0.25, 0.3) is 0 Å². The number of carboxylic acids is 4. The maximum Gasteiger partial charge on any atom is 0.321 e. The number of carbonyl (C=O) groups is 4. The zero-order valence-corrected chi connectivity index (χ0v) is 13.8. The summed E-state index contributed by atoms with van der Waals surface area (Å²) < 4.78 is 0. The summed E-state index contributed by atoms with van der Waals surface area (Å²) in [5.41, 5.74) is 20.0. The number of aliphatic carboxylic acids is 4. The first-order chi connectivity index (χ1) is 11.5. The first kappa shape index (κ1) is 27.6. The van der Waals surface area contributed by atoms with Crippen molar-refractivity contribution in [3.05, 3.63) is 0 Å². The largest absolute Gasteiger partial charge is 0.481 e. The second kappa shape index (κ2) is 18.1. The molecular formula is C13H28N4O8. The second-order valence-electron chi connectivity index (χ2n) is 4.70. The highest BCUT2D eigenvalue weighted by atomic mass is 16.4. The molecule has 148 valence electrons. The lowest BCUT2D eigenvalue weighted by atomic mass is 10.2. The average Bonchev–Trinajstić information content (AvgIpc) is 2.48. The van der Waals surface area contributed by atoms with Crippen molar-refractivity contribution in [3.63, 3.8) is 0 Å². The van der Waals surface area contributed by atoms with E-state index in [-0.39, 0.29) is 6.42 Å². The van der Waals surface area contributed by atoms with E-state index in [9.17, 15) is 19.2 Å². The van der Waals surface area contributed by atoms with Crippen molar-refractivity contribution in [2.75, 3.05) is 13.1 Å². The predicted octanol–water partition coefficient (Wildman–Crippen LogP) is -2.18. The van der Waals surface area contributed by atoms with Crippen molar-refractivity contribution in [3.8, 4) is 0 Å². The van der Waals surface area contributed by atoms with Gasteiger partial charge in [0, 0.05) is 6.42 Å². The van der Waals surface area contributed by atoms with E-state index in [4.69, 9.17) is 43.4 Å². The molecule has 0 aromatic rings. The summed E-state index contributed by atoms with van der Waals surface area (Å²) in [6.07, 6.45) is 1.57. The van der Waals surface area contributed by atoms with E-state index >= 15 is 0 Å². The first-order valence-corrected chi connectivity index (χ1v) is 7.30. The lowest BCUT2D eigenvalue weighted by Crippen LogP contribution is -2.32. The van der Waals surface area contributed by atoms with Crippen LogP contribution >= 0.6 is 0 Å². The zero-order valence-electron chi connectivity index (χ0n) is 13.8. The van der Waals surface area contributed by atoms with Gasteiger partial charge in [-0.1, -0.05) is 0 Å². The van der Waals surface area contributed by atoms with Crippen LogP contribution in [0.4, 0.5) is 0 Å². The molecule has 12 N–H and O–H groups in total. The Morgan fingerprint density at radius 2 is 1.20 bits per heavy atom. The fourth-order valence-corrected chi connectivity index (χ4v) is 0.999. The monoisotopic (exact) mass is 368 g/mol. The van der Waals surface area contributed by atoms with E-state index in [0.29, 0.717) is 25.9 Å². The fraction of sp³-hybridized carbons (Fsp3) is 0.692. The Labute approximate surface area is 144 Å². The lowest BCUT2D eigenvalue weighted by molar-refractivity contribution is -0.144. The van der Waals surface area contributed by atoms with Crippen molar-refractivity contribution < 1.29 is 39.6 Å². The summed E-state index contributed by atoms with van der Waals surface area (Å²) in [6, 6.07) is -2.08. The molecule has 12 heteroatoms. The quantitative estimate of drug-likeness (QED) is 0.191. The van der Waals surface area contributed by atoms with Crippen molar-refractivity contribution >= 4 is 23.9 Å². The van der Waals surface area contributed by atoms with Gasteiger partial charge in [0.25, 0.3) is 0 Å². The first-order valence-electron chi connectivity index (χ1n) is 7.30. The highest BCUT2D eigenvalue weighted by molar-refractivity contribution is 5.80. The Morgan fingerprint density at radius 1 is 0.720 bits per heavy atom. The van der Waals surface area contributed by atoms with Crippen LogP contribution in [-0.4, -0.2) is 69.5 Å².